The van der Waals surface area contributed by atoms with E-state index in [1.54, 1.807) is 6.07 Å². The molecule has 116 valence electrons. The number of anilines is 1. The van der Waals surface area contributed by atoms with E-state index in [4.69, 9.17) is 0 Å². The van der Waals surface area contributed by atoms with Crippen molar-refractivity contribution >= 4 is 17.5 Å². The topological polar surface area (TPSA) is 61.4 Å². The molecule has 2 N–H and O–H groups in total. The van der Waals surface area contributed by atoms with Gasteiger partial charge < -0.3 is 15.5 Å². The van der Waals surface area contributed by atoms with Crippen molar-refractivity contribution in [3.63, 3.8) is 0 Å². The van der Waals surface area contributed by atoms with Crippen molar-refractivity contribution in [2.24, 2.45) is 0 Å². The molecule has 1 aromatic carbocycles. The van der Waals surface area contributed by atoms with E-state index < -0.39 is 17.6 Å². The molecule has 0 unspecified atom stereocenters. The summed E-state index contributed by atoms with van der Waals surface area (Å²) in [5, 5.41) is 4.77. The Labute approximate surface area is 124 Å². The number of carbonyl (C=O) groups is 2. The first-order valence-corrected chi connectivity index (χ1v) is 7.14. The van der Waals surface area contributed by atoms with E-state index in [-0.39, 0.29) is 5.69 Å². The number of amides is 2. The van der Waals surface area contributed by atoms with Crippen molar-refractivity contribution < 1.29 is 14.0 Å². The molecule has 0 fully saturated rings. The number of hydrogen-bond donors (Lipinski definition) is 2. The molecular weight excluding hydrogens is 273 g/mol. The second-order valence-corrected chi connectivity index (χ2v) is 4.57. The molecule has 0 spiro atoms. The van der Waals surface area contributed by atoms with Gasteiger partial charge in [0.1, 0.15) is 5.82 Å². The zero-order valence-corrected chi connectivity index (χ0v) is 12.5. The summed E-state index contributed by atoms with van der Waals surface area (Å²) < 4.78 is 13.3. The Kier molecular flexibility index (Phi) is 7.39. The number of para-hydroxylation sites is 1. The predicted octanol–water partition coefficient (Wildman–Crippen LogP) is 1.61. The van der Waals surface area contributed by atoms with Crippen LogP contribution in [0.1, 0.15) is 20.3 Å². The number of hydrogen-bond acceptors (Lipinski definition) is 3. The van der Waals surface area contributed by atoms with Gasteiger partial charge >= 0.3 is 11.8 Å². The van der Waals surface area contributed by atoms with Crippen molar-refractivity contribution in [3.8, 4) is 0 Å². The number of nitrogens with zero attached hydrogens (tertiary/aromatic N) is 1. The molecule has 0 atom stereocenters. The minimum Gasteiger partial charge on any atom is -0.348 e. The highest BCUT2D eigenvalue weighted by Crippen LogP contribution is 2.11. The Bertz CT molecular complexity index is 476. The van der Waals surface area contributed by atoms with Crippen LogP contribution >= 0.6 is 0 Å². The van der Waals surface area contributed by atoms with Crippen LogP contribution in [0.4, 0.5) is 10.1 Å². The molecule has 1 aromatic rings. The highest BCUT2D eigenvalue weighted by Gasteiger charge is 2.14. The first-order chi connectivity index (χ1) is 10.1. The Balaban J connectivity index is 2.32. The van der Waals surface area contributed by atoms with E-state index in [9.17, 15) is 14.0 Å². The number of nitrogens with one attached hydrogen (secondary N) is 2. The van der Waals surface area contributed by atoms with Gasteiger partial charge in [0.2, 0.25) is 0 Å². The molecule has 0 bridgehead atoms. The van der Waals surface area contributed by atoms with E-state index in [1.165, 1.54) is 18.2 Å². The highest BCUT2D eigenvalue weighted by molar-refractivity contribution is 6.39. The van der Waals surface area contributed by atoms with Gasteiger partial charge in [0.15, 0.2) is 0 Å². The van der Waals surface area contributed by atoms with Crippen LogP contribution in [0.15, 0.2) is 24.3 Å². The lowest BCUT2D eigenvalue weighted by Gasteiger charge is -2.17. The van der Waals surface area contributed by atoms with Gasteiger partial charge in [0.05, 0.1) is 5.69 Å². The first kappa shape index (κ1) is 17.1. The molecular formula is C15H22FN3O2. The molecule has 0 aliphatic carbocycles. The van der Waals surface area contributed by atoms with Crippen molar-refractivity contribution in [2.75, 3.05) is 31.5 Å². The predicted molar refractivity (Wildman–Crippen MR) is 80.4 cm³/mol. The summed E-state index contributed by atoms with van der Waals surface area (Å²) in [4.78, 5) is 25.4. The van der Waals surface area contributed by atoms with Gasteiger partial charge in [-0.2, -0.15) is 0 Å². The molecule has 0 aliphatic heterocycles. The van der Waals surface area contributed by atoms with Gasteiger partial charge in [-0.25, -0.2) is 4.39 Å². The maximum Gasteiger partial charge on any atom is 0.313 e. The van der Waals surface area contributed by atoms with E-state index >= 15 is 0 Å². The molecule has 0 saturated heterocycles. The van der Waals surface area contributed by atoms with Gasteiger partial charge in [-0.3, -0.25) is 9.59 Å². The quantitative estimate of drug-likeness (QED) is 0.593. The molecule has 5 nitrogen and oxygen atoms in total. The monoisotopic (exact) mass is 295 g/mol. The van der Waals surface area contributed by atoms with Crippen LogP contribution in [0.25, 0.3) is 0 Å². The lowest BCUT2D eigenvalue weighted by Crippen LogP contribution is -2.37. The van der Waals surface area contributed by atoms with Crippen LogP contribution in [0.5, 0.6) is 0 Å². The summed E-state index contributed by atoms with van der Waals surface area (Å²) in [5.74, 6) is -2.18. The largest absolute Gasteiger partial charge is 0.348 e. The molecule has 0 saturated carbocycles. The average molecular weight is 295 g/mol. The fourth-order valence-corrected chi connectivity index (χ4v) is 1.87. The standard InChI is InChI=1S/C15H22FN3O2/c1-3-19(4-2)11-7-10-17-14(20)15(21)18-13-9-6-5-8-12(13)16/h5-6,8-9H,3-4,7,10-11H2,1-2H3,(H,17,20)(H,18,21). The third kappa shape index (κ3) is 5.91. The Morgan fingerprint density at radius 3 is 2.43 bits per heavy atom. The maximum absolute atomic E-state index is 13.3. The van der Waals surface area contributed by atoms with Crippen LogP contribution in [0, 0.1) is 5.82 Å². The Morgan fingerprint density at radius 2 is 1.81 bits per heavy atom. The Morgan fingerprint density at radius 1 is 1.14 bits per heavy atom. The van der Waals surface area contributed by atoms with Crippen LogP contribution in [-0.4, -0.2) is 42.9 Å². The van der Waals surface area contributed by atoms with E-state index in [1.807, 2.05) is 0 Å². The van der Waals surface area contributed by atoms with Crippen molar-refractivity contribution in [2.45, 2.75) is 20.3 Å². The minimum atomic E-state index is -0.858. The summed E-state index contributed by atoms with van der Waals surface area (Å²) in [7, 11) is 0. The van der Waals surface area contributed by atoms with E-state index in [2.05, 4.69) is 29.4 Å². The molecule has 0 aromatic heterocycles. The van der Waals surface area contributed by atoms with Crippen LogP contribution in [-0.2, 0) is 9.59 Å². The molecule has 6 heteroatoms. The summed E-state index contributed by atoms with van der Waals surface area (Å²) in [5.41, 5.74) is 0.000733. The van der Waals surface area contributed by atoms with Crippen molar-refractivity contribution in [3.05, 3.63) is 30.1 Å². The molecule has 0 heterocycles. The molecule has 0 radical (unpaired) electrons. The maximum atomic E-state index is 13.3. The second kappa shape index (κ2) is 9.07. The number of rotatable bonds is 7. The number of halogens is 1. The zero-order valence-electron chi connectivity index (χ0n) is 12.5. The van der Waals surface area contributed by atoms with Gasteiger partial charge in [0, 0.05) is 6.54 Å². The van der Waals surface area contributed by atoms with Crippen molar-refractivity contribution in [1.82, 2.24) is 10.2 Å². The molecule has 2 amide bonds. The van der Waals surface area contributed by atoms with Crippen LogP contribution < -0.4 is 10.6 Å². The number of carbonyl (C=O) groups excluding carboxylic acids is 2. The van der Waals surface area contributed by atoms with E-state index in [0.717, 1.165) is 26.1 Å². The highest BCUT2D eigenvalue weighted by atomic mass is 19.1. The summed E-state index contributed by atoms with van der Waals surface area (Å²) >= 11 is 0. The van der Waals surface area contributed by atoms with Gasteiger partial charge in [-0.15, -0.1) is 0 Å². The fourth-order valence-electron chi connectivity index (χ4n) is 1.87. The first-order valence-electron chi connectivity index (χ1n) is 7.14. The molecule has 1 rings (SSSR count). The third-order valence-corrected chi connectivity index (χ3v) is 3.16. The minimum absolute atomic E-state index is 0.000733. The molecule has 0 aliphatic rings. The van der Waals surface area contributed by atoms with Crippen LogP contribution in [0.2, 0.25) is 0 Å². The lowest BCUT2D eigenvalue weighted by atomic mass is 10.3. The second-order valence-electron chi connectivity index (χ2n) is 4.57. The van der Waals surface area contributed by atoms with Crippen LogP contribution in [0.3, 0.4) is 0 Å². The zero-order chi connectivity index (χ0) is 15.7. The average Bonchev–Trinajstić information content (AvgIpc) is 2.49. The van der Waals surface area contributed by atoms with E-state index in [0.29, 0.717) is 6.54 Å². The smallest absolute Gasteiger partial charge is 0.313 e. The van der Waals surface area contributed by atoms with Gasteiger partial charge in [-0.1, -0.05) is 26.0 Å². The van der Waals surface area contributed by atoms with Gasteiger partial charge in [-0.05, 0) is 38.2 Å². The number of benzene rings is 1. The SMILES string of the molecule is CCN(CC)CCCNC(=O)C(=O)Nc1ccccc1F. The summed E-state index contributed by atoms with van der Waals surface area (Å²) in [6.07, 6.45) is 0.764. The fraction of sp³-hybridized carbons (Fsp3) is 0.467. The Hall–Kier alpha value is -1.95. The summed E-state index contributed by atoms with van der Waals surface area (Å²) in [6, 6.07) is 5.72. The summed E-state index contributed by atoms with van der Waals surface area (Å²) in [6.45, 7) is 7.34. The van der Waals surface area contributed by atoms with Crippen molar-refractivity contribution in [1.29, 1.82) is 0 Å². The molecule has 21 heavy (non-hydrogen) atoms. The third-order valence-electron chi connectivity index (χ3n) is 3.16. The van der Waals surface area contributed by atoms with Gasteiger partial charge in [0.25, 0.3) is 0 Å². The lowest BCUT2D eigenvalue weighted by molar-refractivity contribution is -0.136. The normalized spacial score (nSPS) is 10.5.